The number of ether oxygens (including phenoxy) is 2. The second kappa shape index (κ2) is 9.37. The maximum Gasteiger partial charge on any atom is 0.207 e. The molecule has 166 valence electrons. The minimum absolute atomic E-state index is 0.0715. The zero-order chi connectivity index (χ0) is 22.0. The summed E-state index contributed by atoms with van der Waals surface area (Å²) in [7, 11) is 0. The van der Waals surface area contributed by atoms with Crippen LogP contribution < -0.4 is 9.47 Å². The molecule has 0 amide bonds. The molecule has 0 aromatic heterocycles. The van der Waals surface area contributed by atoms with E-state index in [-0.39, 0.29) is 17.2 Å². The average molecular weight is 431 g/mol. The number of halogens is 3. The average Bonchev–Trinajstić information content (AvgIpc) is 2.77. The number of aryl methyl sites for hydroxylation is 1. The van der Waals surface area contributed by atoms with Crippen LogP contribution in [0.4, 0.5) is 13.2 Å². The van der Waals surface area contributed by atoms with Gasteiger partial charge in [-0.1, -0.05) is 45.3 Å². The molecule has 2 aliphatic rings. The summed E-state index contributed by atoms with van der Waals surface area (Å²) in [5.74, 6) is -2.13. The summed E-state index contributed by atoms with van der Waals surface area (Å²) in [5, 5.41) is 0. The molecule has 2 nitrogen and oxygen atoms in total. The number of hydrogen-bond donors (Lipinski definition) is 0. The van der Waals surface area contributed by atoms with E-state index < -0.39 is 17.5 Å². The number of rotatable bonds is 7. The van der Waals surface area contributed by atoms with Crippen molar-refractivity contribution >= 4 is 0 Å². The van der Waals surface area contributed by atoms with Gasteiger partial charge in [0.15, 0.2) is 23.1 Å². The number of hydrogen-bond acceptors (Lipinski definition) is 2. The van der Waals surface area contributed by atoms with Crippen molar-refractivity contribution in [3.8, 4) is 17.2 Å². The van der Waals surface area contributed by atoms with Crippen LogP contribution in [0.25, 0.3) is 0 Å². The topological polar surface area (TPSA) is 18.5 Å². The highest BCUT2D eigenvalue weighted by Gasteiger charge is 2.28. The highest BCUT2D eigenvalue weighted by Crippen LogP contribution is 2.43. The normalized spacial score (nSPS) is 17.5. The lowest BCUT2D eigenvalue weighted by atomic mass is 9.87. The van der Waals surface area contributed by atoms with Crippen LogP contribution >= 0.6 is 0 Å². The van der Waals surface area contributed by atoms with Crippen molar-refractivity contribution in [2.75, 3.05) is 6.61 Å². The van der Waals surface area contributed by atoms with Gasteiger partial charge in [0.2, 0.25) is 11.6 Å². The van der Waals surface area contributed by atoms with Crippen LogP contribution in [0.5, 0.6) is 17.2 Å². The standard InChI is InChI=1S/C26H29F3O2/c1-3-5-16-7-9-17(10-8-16)15-30-21-12-11-19-14-20-13-18(6-4-2)22(27)24(29)26(20)31-25(19)23(21)28/h9,11-13,16H,3-8,10,14-15H2,1-2H3. The maximum absolute atomic E-state index is 15.1. The first-order valence-corrected chi connectivity index (χ1v) is 11.3. The third kappa shape index (κ3) is 4.46. The fraction of sp³-hybridized carbons (Fsp3) is 0.462. The number of fused-ring (bicyclic) bond motifs is 2. The summed E-state index contributed by atoms with van der Waals surface area (Å²) in [5.41, 5.74) is 2.64. The van der Waals surface area contributed by atoms with Crippen molar-refractivity contribution in [2.45, 2.75) is 65.2 Å². The van der Waals surface area contributed by atoms with E-state index in [1.165, 1.54) is 18.4 Å². The van der Waals surface area contributed by atoms with Crippen molar-refractivity contribution in [3.05, 3.63) is 64.0 Å². The molecule has 0 N–H and O–H groups in total. The van der Waals surface area contributed by atoms with E-state index in [0.717, 1.165) is 25.2 Å². The summed E-state index contributed by atoms with van der Waals surface area (Å²) in [4.78, 5) is 0. The van der Waals surface area contributed by atoms with Gasteiger partial charge in [0.1, 0.15) is 6.61 Å². The van der Waals surface area contributed by atoms with Gasteiger partial charge in [0.25, 0.3) is 0 Å². The summed E-state index contributed by atoms with van der Waals surface area (Å²) in [6.45, 7) is 4.44. The molecule has 0 saturated heterocycles. The molecule has 4 rings (SSSR count). The Morgan fingerprint density at radius 2 is 1.81 bits per heavy atom. The highest BCUT2D eigenvalue weighted by molar-refractivity contribution is 5.54. The quantitative estimate of drug-likeness (QED) is 0.358. The van der Waals surface area contributed by atoms with Crippen LogP contribution in [0.3, 0.4) is 0 Å². The molecule has 2 aromatic rings. The van der Waals surface area contributed by atoms with Crippen molar-refractivity contribution in [1.82, 2.24) is 0 Å². The molecule has 1 atom stereocenters. The lowest BCUT2D eigenvalue weighted by Gasteiger charge is -2.24. The van der Waals surface area contributed by atoms with Gasteiger partial charge in [-0.25, -0.2) is 4.39 Å². The van der Waals surface area contributed by atoms with Gasteiger partial charge in [0, 0.05) is 17.5 Å². The maximum atomic E-state index is 15.1. The molecule has 5 heteroatoms. The van der Waals surface area contributed by atoms with Crippen LogP contribution in [0.15, 0.2) is 29.8 Å². The van der Waals surface area contributed by atoms with Gasteiger partial charge in [-0.05, 0) is 54.9 Å². The van der Waals surface area contributed by atoms with Crippen molar-refractivity contribution in [3.63, 3.8) is 0 Å². The van der Waals surface area contributed by atoms with Crippen LogP contribution in [-0.4, -0.2) is 6.61 Å². The lowest BCUT2D eigenvalue weighted by molar-refractivity contribution is 0.307. The molecular formula is C26H29F3O2. The fourth-order valence-electron chi connectivity index (χ4n) is 4.57. The first-order valence-electron chi connectivity index (χ1n) is 11.3. The van der Waals surface area contributed by atoms with Crippen LogP contribution in [0.2, 0.25) is 0 Å². The second-order valence-corrected chi connectivity index (χ2v) is 8.63. The largest absolute Gasteiger partial charge is 0.486 e. The monoisotopic (exact) mass is 430 g/mol. The molecule has 1 unspecified atom stereocenters. The molecule has 1 aliphatic heterocycles. The Kier molecular flexibility index (Phi) is 6.59. The van der Waals surface area contributed by atoms with Gasteiger partial charge in [-0.3, -0.25) is 0 Å². The zero-order valence-corrected chi connectivity index (χ0v) is 18.2. The van der Waals surface area contributed by atoms with E-state index in [4.69, 9.17) is 9.47 Å². The summed E-state index contributed by atoms with van der Waals surface area (Å²) in [6.07, 6.45) is 9.23. The van der Waals surface area contributed by atoms with Crippen LogP contribution in [0.1, 0.15) is 69.1 Å². The highest BCUT2D eigenvalue weighted by atomic mass is 19.2. The van der Waals surface area contributed by atoms with E-state index in [9.17, 15) is 8.78 Å². The van der Waals surface area contributed by atoms with E-state index in [1.54, 1.807) is 18.2 Å². The third-order valence-corrected chi connectivity index (χ3v) is 6.29. The van der Waals surface area contributed by atoms with Crippen molar-refractivity contribution < 1.29 is 22.6 Å². The Hall–Kier alpha value is -2.43. The van der Waals surface area contributed by atoms with E-state index in [1.807, 2.05) is 6.92 Å². The van der Waals surface area contributed by atoms with Crippen LogP contribution in [-0.2, 0) is 12.8 Å². The van der Waals surface area contributed by atoms with E-state index in [0.29, 0.717) is 42.6 Å². The van der Waals surface area contributed by atoms with Gasteiger partial charge in [-0.15, -0.1) is 0 Å². The Morgan fingerprint density at radius 1 is 1.00 bits per heavy atom. The lowest BCUT2D eigenvalue weighted by Crippen LogP contribution is -2.12. The smallest absolute Gasteiger partial charge is 0.207 e. The van der Waals surface area contributed by atoms with Gasteiger partial charge in [-0.2, -0.15) is 8.78 Å². The molecule has 0 fully saturated rings. The Morgan fingerprint density at radius 3 is 2.52 bits per heavy atom. The number of allylic oxidation sites excluding steroid dienone is 1. The molecule has 0 bridgehead atoms. The Bertz CT molecular complexity index is 997. The van der Waals surface area contributed by atoms with Gasteiger partial charge < -0.3 is 9.47 Å². The molecule has 0 spiro atoms. The molecule has 0 saturated carbocycles. The molecule has 2 aromatic carbocycles. The molecule has 1 heterocycles. The summed E-state index contributed by atoms with van der Waals surface area (Å²) >= 11 is 0. The zero-order valence-electron chi connectivity index (χ0n) is 18.2. The minimum atomic E-state index is -1.05. The van der Waals surface area contributed by atoms with Crippen molar-refractivity contribution in [2.24, 2.45) is 5.92 Å². The van der Waals surface area contributed by atoms with Gasteiger partial charge >= 0.3 is 0 Å². The SMILES string of the molecule is CCCc1cc2c(c(F)c1F)Oc1c(ccc(OCC3=CCC(CCC)CC3)c1F)C2. The predicted octanol–water partition coefficient (Wildman–Crippen LogP) is 7.66. The Labute approximate surface area is 182 Å². The third-order valence-electron chi connectivity index (χ3n) is 6.29. The predicted molar refractivity (Wildman–Crippen MR) is 115 cm³/mol. The molecule has 0 radical (unpaired) electrons. The summed E-state index contributed by atoms with van der Waals surface area (Å²) in [6, 6.07) is 4.96. The first kappa shape index (κ1) is 21.8. The molecule has 1 aliphatic carbocycles. The second-order valence-electron chi connectivity index (χ2n) is 8.63. The summed E-state index contributed by atoms with van der Waals surface area (Å²) < 4.78 is 55.4. The molecular weight excluding hydrogens is 401 g/mol. The van der Waals surface area contributed by atoms with Crippen LogP contribution in [0, 0.1) is 23.4 Å². The van der Waals surface area contributed by atoms with Gasteiger partial charge in [0.05, 0.1) is 0 Å². The fourth-order valence-corrected chi connectivity index (χ4v) is 4.57. The van der Waals surface area contributed by atoms with E-state index in [2.05, 4.69) is 13.0 Å². The number of benzene rings is 2. The minimum Gasteiger partial charge on any atom is -0.486 e. The van der Waals surface area contributed by atoms with Crippen molar-refractivity contribution in [1.29, 1.82) is 0 Å². The van der Waals surface area contributed by atoms with E-state index >= 15 is 4.39 Å². The first-order chi connectivity index (χ1) is 15.0. The molecule has 31 heavy (non-hydrogen) atoms. The Balaban J connectivity index is 1.51.